The van der Waals surface area contributed by atoms with E-state index in [9.17, 15) is 9.59 Å². The fraction of sp³-hybridized carbons (Fsp3) is 0.353. The number of hydrogen-bond donors (Lipinski definition) is 1. The van der Waals surface area contributed by atoms with Gasteiger partial charge in [-0.3, -0.25) is 10.1 Å². The molecule has 0 spiro atoms. The van der Waals surface area contributed by atoms with Crippen LogP contribution in [0.2, 0.25) is 0 Å². The Morgan fingerprint density at radius 2 is 1.88 bits per heavy atom. The van der Waals surface area contributed by atoms with Gasteiger partial charge < -0.3 is 14.3 Å². The average Bonchev–Trinajstić information content (AvgIpc) is 2.97. The lowest BCUT2D eigenvalue weighted by Gasteiger charge is -2.21. The van der Waals surface area contributed by atoms with E-state index in [1.165, 1.54) is 11.2 Å². The first-order chi connectivity index (χ1) is 11.4. The van der Waals surface area contributed by atoms with E-state index in [1.807, 2.05) is 26.0 Å². The molecule has 3 amide bonds. The lowest BCUT2D eigenvalue weighted by atomic mass is 10.1. The first-order valence-electron chi connectivity index (χ1n) is 7.69. The Morgan fingerprint density at radius 3 is 2.38 bits per heavy atom. The van der Waals surface area contributed by atoms with Crippen LogP contribution in [0.4, 0.5) is 10.6 Å². The minimum atomic E-state index is -0.247. The van der Waals surface area contributed by atoms with Crippen LogP contribution in [-0.4, -0.2) is 47.5 Å². The molecule has 0 aliphatic heterocycles. The quantitative estimate of drug-likeness (QED) is 0.914. The zero-order valence-electron chi connectivity index (χ0n) is 14.4. The Morgan fingerprint density at radius 1 is 1.21 bits per heavy atom. The lowest BCUT2D eigenvalue weighted by molar-refractivity contribution is 0.0827. The van der Waals surface area contributed by atoms with Crippen molar-refractivity contribution >= 4 is 17.8 Å². The molecule has 0 saturated carbocycles. The van der Waals surface area contributed by atoms with Gasteiger partial charge >= 0.3 is 6.03 Å². The van der Waals surface area contributed by atoms with Crippen molar-refractivity contribution in [3.05, 3.63) is 47.2 Å². The lowest BCUT2D eigenvalue weighted by Crippen LogP contribution is -2.34. The summed E-state index contributed by atoms with van der Waals surface area (Å²) in [5.74, 6) is 0.374. The highest BCUT2D eigenvalue weighted by Gasteiger charge is 2.15. The number of anilines is 1. The van der Waals surface area contributed by atoms with Crippen LogP contribution in [0.3, 0.4) is 0 Å². The molecule has 0 fully saturated rings. The topological polar surface area (TPSA) is 78.7 Å². The summed E-state index contributed by atoms with van der Waals surface area (Å²) < 4.78 is 4.81. The van der Waals surface area contributed by atoms with Crippen molar-refractivity contribution in [2.75, 3.05) is 26.0 Å². The van der Waals surface area contributed by atoms with Crippen LogP contribution in [0.25, 0.3) is 0 Å². The number of amides is 3. The molecule has 128 valence electrons. The van der Waals surface area contributed by atoms with Crippen LogP contribution in [0.1, 0.15) is 28.4 Å². The number of aromatic nitrogens is 1. The number of benzene rings is 1. The van der Waals surface area contributed by atoms with E-state index >= 15 is 0 Å². The highest BCUT2D eigenvalue weighted by molar-refractivity contribution is 5.94. The molecule has 2 aromatic rings. The summed E-state index contributed by atoms with van der Waals surface area (Å²) in [5.41, 5.74) is 2.33. The summed E-state index contributed by atoms with van der Waals surface area (Å²) >= 11 is 0. The largest absolute Gasteiger partial charge is 0.362 e. The van der Waals surface area contributed by atoms with Gasteiger partial charge in [-0.2, -0.15) is 0 Å². The fourth-order valence-electron chi connectivity index (χ4n) is 2.15. The molecule has 0 radical (unpaired) electrons. The summed E-state index contributed by atoms with van der Waals surface area (Å²) in [6, 6.07) is 7.00. The Bertz CT molecular complexity index is 707. The first kappa shape index (κ1) is 17.5. The normalized spacial score (nSPS) is 10.3. The zero-order chi connectivity index (χ0) is 17.7. The number of urea groups is 1. The van der Waals surface area contributed by atoms with E-state index in [2.05, 4.69) is 10.5 Å². The molecule has 1 N–H and O–H groups in total. The summed E-state index contributed by atoms with van der Waals surface area (Å²) in [5, 5.41) is 6.48. The van der Waals surface area contributed by atoms with Crippen molar-refractivity contribution in [2.24, 2.45) is 0 Å². The number of nitrogens with one attached hydrogen (secondary N) is 1. The van der Waals surface area contributed by atoms with Crippen LogP contribution < -0.4 is 5.32 Å². The number of carbonyl (C=O) groups excluding carboxylic acids is 2. The van der Waals surface area contributed by atoms with Crippen molar-refractivity contribution in [3.8, 4) is 0 Å². The maximum absolute atomic E-state index is 12.3. The molecule has 0 aliphatic rings. The molecule has 24 heavy (non-hydrogen) atoms. The van der Waals surface area contributed by atoms with E-state index < -0.39 is 0 Å². The van der Waals surface area contributed by atoms with E-state index in [1.54, 1.807) is 31.1 Å². The molecule has 0 unspecified atom stereocenters. The highest BCUT2D eigenvalue weighted by atomic mass is 16.5. The first-order valence-corrected chi connectivity index (χ1v) is 7.69. The molecular formula is C17H22N4O3. The molecule has 1 heterocycles. The van der Waals surface area contributed by atoms with E-state index in [-0.39, 0.29) is 11.9 Å². The SMILES string of the molecule is CCN(Cc1ccc(C(=O)N(C)C)cc1)C(=O)Nc1nocc1C. The highest BCUT2D eigenvalue weighted by Crippen LogP contribution is 2.13. The van der Waals surface area contributed by atoms with Crippen molar-refractivity contribution < 1.29 is 14.1 Å². The number of aryl methyl sites for hydroxylation is 1. The maximum Gasteiger partial charge on any atom is 0.323 e. The second-order valence-electron chi connectivity index (χ2n) is 5.69. The molecule has 1 aromatic heterocycles. The third kappa shape index (κ3) is 4.13. The molecule has 0 aliphatic carbocycles. The third-order valence-electron chi connectivity index (χ3n) is 3.62. The van der Waals surface area contributed by atoms with E-state index in [4.69, 9.17) is 4.52 Å². The van der Waals surface area contributed by atoms with Crippen LogP contribution >= 0.6 is 0 Å². The molecule has 0 atom stereocenters. The third-order valence-corrected chi connectivity index (χ3v) is 3.62. The maximum atomic E-state index is 12.3. The summed E-state index contributed by atoms with van der Waals surface area (Å²) in [7, 11) is 3.43. The molecule has 0 saturated heterocycles. The molecule has 0 bridgehead atoms. The van der Waals surface area contributed by atoms with Gasteiger partial charge in [-0.05, 0) is 31.5 Å². The minimum Gasteiger partial charge on any atom is -0.362 e. The van der Waals surface area contributed by atoms with Gasteiger partial charge in [0.05, 0.1) is 0 Å². The van der Waals surface area contributed by atoms with Gasteiger partial charge in [-0.25, -0.2) is 4.79 Å². The van der Waals surface area contributed by atoms with Crippen molar-refractivity contribution in [3.63, 3.8) is 0 Å². The summed E-state index contributed by atoms with van der Waals surface area (Å²) in [6.07, 6.45) is 1.48. The van der Waals surface area contributed by atoms with Crippen molar-refractivity contribution in [1.29, 1.82) is 0 Å². The summed E-state index contributed by atoms with van der Waals surface area (Å²) in [6.45, 7) is 4.69. The Labute approximate surface area is 141 Å². The van der Waals surface area contributed by atoms with Gasteiger partial charge in [-0.15, -0.1) is 0 Å². The van der Waals surface area contributed by atoms with Crippen LogP contribution in [0.15, 0.2) is 35.1 Å². The van der Waals surface area contributed by atoms with Crippen molar-refractivity contribution in [2.45, 2.75) is 20.4 Å². The van der Waals surface area contributed by atoms with Gasteiger partial charge in [0.2, 0.25) is 0 Å². The number of nitrogens with zero attached hydrogens (tertiary/aromatic N) is 3. The predicted octanol–water partition coefficient (Wildman–Crippen LogP) is 2.74. The monoisotopic (exact) mass is 330 g/mol. The molecular weight excluding hydrogens is 308 g/mol. The molecule has 1 aromatic carbocycles. The Hall–Kier alpha value is -2.83. The second kappa shape index (κ2) is 7.63. The number of hydrogen-bond acceptors (Lipinski definition) is 4. The number of rotatable bonds is 5. The molecule has 2 rings (SSSR count). The van der Waals surface area contributed by atoms with Gasteiger partial charge in [-0.1, -0.05) is 17.3 Å². The average molecular weight is 330 g/mol. The van der Waals surface area contributed by atoms with Gasteiger partial charge in [0.15, 0.2) is 5.82 Å². The van der Waals surface area contributed by atoms with Crippen LogP contribution in [-0.2, 0) is 6.54 Å². The Kier molecular flexibility index (Phi) is 5.57. The smallest absolute Gasteiger partial charge is 0.323 e. The van der Waals surface area contributed by atoms with Crippen LogP contribution in [0.5, 0.6) is 0 Å². The molecule has 7 nitrogen and oxygen atoms in total. The fourth-order valence-corrected chi connectivity index (χ4v) is 2.15. The minimum absolute atomic E-state index is 0.0480. The number of carbonyl (C=O) groups is 2. The second-order valence-corrected chi connectivity index (χ2v) is 5.69. The van der Waals surface area contributed by atoms with E-state index in [0.717, 1.165) is 11.1 Å². The predicted molar refractivity (Wildman–Crippen MR) is 90.8 cm³/mol. The Balaban J connectivity index is 2.03. The van der Waals surface area contributed by atoms with Crippen LogP contribution in [0, 0.1) is 6.92 Å². The van der Waals surface area contributed by atoms with E-state index in [0.29, 0.717) is 24.5 Å². The molecule has 7 heteroatoms. The zero-order valence-corrected chi connectivity index (χ0v) is 14.4. The van der Waals surface area contributed by atoms with Crippen molar-refractivity contribution in [1.82, 2.24) is 15.0 Å². The van der Waals surface area contributed by atoms with Gasteiger partial charge in [0, 0.05) is 38.3 Å². The summed E-state index contributed by atoms with van der Waals surface area (Å²) in [4.78, 5) is 27.4. The van der Waals surface area contributed by atoms with Gasteiger partial charge in [0.25, 0.3) is 5.91 Å². The standard InChI is InChI=1S/C17H22N4O3/c1-5-21(17(23)18-15-12(2)11-24-19-15)10-13-6-8-14(9-7-13)16(22)20(3)4/h6-9,11H,5,10H2,1-4H3,(H,18,19,23). The van der Waals surface area contributed by atoms with Gasteiger partial charge in [0.1, 0.15) is 6.26 Å².